The number of guanidine groups is 1. The molecule has 0 heterocycles. The molecule has 0 atom stereocenters. The summed E-state index contributed by atoms with van der Waals surface area (Å²) in [6.07, 6.45) is 2.45. The minimum Gasteiger partial charge on any atom is -0.370 e. The van der Waals surface area contributed by atoms with Gasteiger partial charge in [-0.2, -0.15) is 0 Å². The molecule has 1 aliphatic carbocycles. The van der Waals surface area contributed by atoms with Crippen molar-refractivity contribution in [1.29, 1.82) is 0 Å². The summed E-state index contributed by atoms with van der Waals surface area (Å²) in [6.45, 7) is 6.65. The van der Waals surface area contributed by atoms with Crippen LogP contribution in [0, 0.1) is 5.41 Å². The van der Waals surface area contributed by atoms with Crippen molar-refractivity contribution in [3.05, 3.63) is 0 Å². The average molecular weight is 226 g/mol. The Balaban J connectivity index is 2.44. The van der Waals surface area contributed by atoms with Crippen LogP contribution >= 0.6 is 0 Å². The summed E-state index contributed by atoms with van der Waals surface area (Å²) in [5.74, 6) is 0.179. The SMILES string of the molecule is CC(C)(C)NC(N)=NCC1(CC(N)=O)CC1. The summed E-state index contributed by atoms with van der Waals surface area (Å²) < 4.78 is 0. The molecule has 1 amide bonds. The Bertz CT molecular complexity index is 300. The highest BCUT2D eigenvalue weighted by molar-refractivity contribution is 5.79. The van der Waals surface area contributed by atoms with Crippen LogP contribution in [0.2, 0.25) is 0 Å². The van der Waals surface area contributed by atoms with E-state index >= 15 is 0 Å². The second kappa shape index (κ2) is 4.31. The summed E-state index contributed by atoms with van der Waals surface area (Å²) in [6, 6.07) is 0. The smallest absolute Gasteiger partial charge is 0.218 e. The van der Waals surface area contributed by atoms with Crippen molar-refractivity contribution in [2.75, 3.05) is 6.54 Å². The summed E-state index contributed by atoms with van der Waals surface area (Å²) >= 11 is 0. The molecule has 0 aromatic rings. The van der Waals surface area contributed by atoms with Gasteiger partial charge in [0, 0.05) is 18.5 Å². The van der Waals surface area contributed by atoms with Crippen LogP contribution in [-0.4, -0.2) is 24.0 Å². The van der Waals surface area contributed by atoms with Gasteiger partial charge >= 0.3 is 0 Å². The van der Waals surface area contributed by atoms with Crippen molar-refractivity contribution in [2.24, 2.45) is 21.9 Å². The first-order chi connectivity index (χ1) is 7.22. The maximum atomic E-state index is 10.9. The van der Waals surface area contributed by atoms with Gasteiger partial charge in [0.15, 0.2) is 5.96 Å². The van der Waals surface area contributed by atoms with Gasteiger partial charge in [0.25, 0.3) is 0 Å². The fraction of sp³-hybridized carbons (Fsp3) is 0.818. The molecule has 16 heavy (non-hydrogen) atoms. The maximum Gasteiger partial charge on any atom is 0.218 e. The van der Waals surface area contributed by atoms with Gasteiger partial charge in [0.1, 0.15) is 0 Å². The van der Waals surface area contributed by atoms with Gasteiger partial charge in [-0.25, -0.2) is 0 Å². The molecule has 1 rings (SSSR count). The summed E-state index contributed by atoms with van der Waals surface area (Å²) in [7, 11) is 0. The van der Waals surface area contributed by atoms with E-state index in [2.05, 4.69) is 10.3 Å². The first-order valence-electron chi connectivity index (χ1n) is 5.59. The lowest BCUT2D eigenvalue weighted by Gasteiger charge is -2.21. The van der Waals surface area contributed by atoms with Crippen molar-refractivity contribution in [2.45, 2.75) is 45.6 Å². The molecule has 5 nitrogen and oxygen atoms in total. The monoisotopic (exact) mass is 226 g/mol. The molecule has 0 radical (unpaired) electrons. The van der Waals surface area contributed by atoms with Crippen LogP contribution in [0.4, 0.5) is 0 Å². The molecule has 5 N–H and O–H groups in total. The number of nitrogens with one attached hydrogen (secondary N) is 1. The van der Waals surface area contributed by atoms with Gasteiger partial charge in [0.2, 0.25) is 5.91 Å². The van der Waals surface area contributed by atoms with Crippen LogP contribution in [0.15, 0.2) is 4.99 Å². The fourth-order valence-electron chi connectivity index (χ4n) is 1.61. The molecule has 1 saturated carbocycles. The molecule has 0 saturated heterocycles. The van der Waals surface area contributed by atoms with Crippen LogP contribution in [0.25, 0.3) is 0 Å². The number of nitrogens with zero attached hydrogens (tertiary/aromatic N) is 1. The van der Waals surface area contributed by atoms with Crippen molar-refractivity contribution in [1.82, 2.24) is 5.32 Å². The third-order valence-corrected chi connectivity index (χ3v) is 2.59. The third-order valence-electron chi connectivity index (χ3n) is 2.59. The summed E-state index contributed by atoms with van der Waals surface area (Å²) in [5.41, 5.74) is 10.8. The second-order valence-electron chi connectivity index (χ2n) is 5.72. The van der Waals surface area contributed by atoms with E-state index in [0.717, 1.165) is 12.8 Å². The third kappa shape index (κ3) is 4.51. The number of carbonyl (C=O) groups excluding carboxylic acids is 1. The van der Waals surface area contributed by atoms with Crippen molar-refractivity contribution >= 4 is 11.9 Å². The number of hydrogen-bond acceptors (Lipinski definition) is 2. The number of hydrogen-bond donors (Lipinski definition) is 3. The zero-order valence-electron chi connectivity index (χ0n) is 10.3. The van der Waals surface area contributed by atoms with Crippen LogP contribution in [0.5, 0.6) is 0 Å². The topological polar surface area (TPSA) is 93.5 Å². The number of aliphatic imine (C=N–C) groups is 1. The minimum absolute atomic E-state index is 0.00395. The zero-order valence-corrected chi connectivity index (χ0v) is 10.3. The van der Waals surface area contributed by atoms with Gasteiger partial charge in [0.05, 0.1) is 0 Å². The molecule has 0 aromatic heterocycles. The molecule has 0 aliphatic heterocycles. The number of rotatable bonds is 4. The van der Waals surface area contributed by atoms with Gasteiger partial charge in [-0.1, -0.05) is 0 Å². The molecule has 1 fully saturated rings. The second-order valence-corrected chi connectivity index (χ2v) is 5.72. The van der Waals surface area contributed by atoms with E-state index in [1.807, 2.05) is 20.8 Å². The van der Waals surface area contributed by atoms with Crippen LogP contribution in [-0.2, 0) is 4.79 Å². The lowest BCUT2D eigenvalue weighted by molar-refractivity contribution is -0.119. The predicted octanol–water partition coefficient (Wildman–Crippen LogP) is 0.345. The van der Waals surface area contributed by atoms with E-state index in [1.165, 1.54) is 0 Å². The Kier molecular flexibility index (Phi) is 3.45. The first kappa shape index (κ1) is 12.8. The molecule has 0 unspecified atom stereocenters. The Morgan fingerprint density at radius 1 is 1.38 bits per heavy atom. The maximum absolute atomic E-state index is 10.9. The first-order valence-corrected chi connectivity index (χ1v) is 5.59. The fourth-order valence-corrected chi connectivity index (χ4v) is 1.61. The Morgan fingerprint density at radius 2 is 1.94 bits per heavy atom. The molecule has 0 aromatic carbocycles. The quantitative estimate of drug-likeness (QED) is 0.477. The highest BCUT2D eigenvalue weighted by Crippen LogP contribution is 2.48. The molecule has 92 valence electrons. The van der Waals surface area contributed by atoms with Gasteiger partial charge in [-0.3, -0.25) is 9.79 Å². The summed E-state index contributed by atoms with van der Waals surface area (Å²) in [4.78, 5) is 15.1. The number of amides is 1. The highest BCUT2D eigenvalue weighted by atomic mass is 16.1. The van der Waals surface area contributed by atoms with Gasteiger partial charge < -0.3 is 16.8 Å². The zero-order chi connectivity index (χ0) is 12.4. The molecule has 1 aliphatic rings. The Morgan fingerprint density at radius 3 is 2.31 bits per heavy atom. The molecular formula is C11H22N4O. The normalized spacial score (nSPS) is 19.3. The number of carbonyl (C=O) groups is 1. The van der Waals surface area contributed by atoms with Gasteiger partial charge in [-0.15, -0.1) is 0 Å². The van der Waals surface area contributed by atoms with E-state index in [0.29, 0.717) is 18.9 Å². The van der Waals surface area contributed by atoms with Crippen molar-refractivity contribution in [3.8, 4) is 0 Å². The van der Waals surface area contributed by atoms with E-state index in [9.17, 15) is 4.79 Å². The summed E-state index contributed by atoms with van der Waals surface area (Å²) in [5, 5.41) is 3.08. The molecule has 0 spiro atoms. The van der Waals surface area contributed by atoms with Crippen molar-refractivity contribution < 1.29 is 4.79 Å². The lowest BCUT2D eigenvalue weighted by Crippen LogP contribution is -2.45. The van der Waals surface area contributed by atoms with Crippen LogP contribution in [0.3, 0.4) is 0 Å². The Hall–Kier alpha value is -1.26. The van der Waals surface area contributed by atoms with E-state index in [-0.39, 0.29) is 16.9 Å². The molecular weight excluding hydrogens is 204 g/mol. The van der Waals surface area contributed by atoms with Crippen LogP contribution < -0.4 is 16.8 Å². The number of primary amides is 1. The minimum atomic E-state index is -0.255. The highest BCUT2D eigenvalue weighted by Gasteiger charge is 2.43. The molecule has 0 bridgehead atoms. The van der Waals surface area contributed by atoms with E-state index < -0.39 is 0 Å². The predicted molar refractivity (Wildman–Crippen MR) is 64.9 cm³/mol. The standard InChI is InChI=1S/C11H22N4O/c1-10(2,3)15-9(13)14-7-11(4-5-11)6-8(12)16/h4-7H2,1-3H3,(H2,12,16)(H3,13,14,15). The average Bonchev–Trinajstić information content (AvgIpc) is 2.78. The Labute approximate surface area is 96.7 Å². The lowest BCUT2D eigenvalue weighted by atomic mass is 10.0. The van der Waals surface area contributed by atoms with Crippen molar-refractivity contribution in [3.63, 3.8) is 0 Å². The largest absolute Gasteiger partial charge is 0.370 e. The van der Waals surface area contributed by atoms with Gasteiger partial charge in [-0.05, 0) is 39.0 Å². The molecule has 5 heteroatoms. The van der Waals surface area contributed by atoms with E-state index in [4.69, 9.17) is 11.5 Å². The van der Waals surface area contributed by atoms with E-state index in [1.54, 1.807) is 0 Å². The van der Waals surface area contributed by atoms with Crippen LogP contribution in [0.1, 0.15) is 40.0 Å². The number of nitrogens with two attached hydrogens (primary N) is 2.